The number of aryl methyl sites for hydroxylation is 1. The monoisotopic (exact) mass is 250 g/mol. The van der Waals surface area contributed by atoms with Crippen LogP contribution in [0.5, 0.6) is 5.75 Å². The van der Waals surface area contributed by atoms with Gasteiger partial charge in [-0.15, -0.1) is 0 Å². The Kier molecular flexibility index (Phi) is 5.86. The molecule has 0 N–H and O–H groups in total. The third-order valence-electron chi connectivity index (χ3n) is 2.91. The Morgan fingerprint density at radius 3 is 2.56 bits per heavy atom. The third-order valence-corrected chi connectivity index (χ3v) is 2.91. The average molecular weight is 250 g/mol. The molecule has 100 valence electrons. The first-order valence-electron chi connectivity index (χ1n) is 6.44. The highest BCUT2D eigenvalue weighted by Gasteiger charge is 2.21. The van der Waals surface area contributed by atoms with Crippen molar-refractivity contribution in [1.82, 2.24) is 0 Å². The minimum Gasteiger partial charge on any atom is -0.497 e. The van der Waals surface area contributed by atoms with Crippen molar-refractivity contribution in [3.05, 3.63) is 29.3 Å². The van der Waals surface area contributed by atoms with Crippen LogP contribution in [0.3, 0.4) is 0 Å². The lowest BCUT2D eigenvalue weighted by atomic mass is 9.98. The van der Waals surface area contributed by atoms with Gasteiger partial charge in [-0.05, 0) is 44.0 Å². The van der Waals surface area contributed by atoms with Crippen molar-refractivity contribution in [3.8, 4) is 5.75 Å². The maximum absolute atomic E-state index is 12.4. The molecular weight excluding hydrogens is 228 g/mol. The van der Waals surface area contributed by atoms with Crippen LogP contribution in [-0.4, -0.2) is 25.6 Å². The van der Waals surface area contributed by atoms with Gasteiger partial charge in [0.2, 0.25) is 0 Å². The first kappa shape index (κ1) is 14.7. The molecule has 0 aliphatic carbocycles. The molecule has 1 unspecified atom stereocenters. The van der Waals surface area contributed by atoms with Gasteiger partial charge in [0.15, 0.2) is 5.78 Å². The van der Waals surface area contributed by atoms with E-state index >= 15 is 0 Å². The number of carbonyl (C=O) groups is 1. The summed E-state index contributed by atoms with van der Waals surface area (Å²) in [6.07, 6.45) is 1.37. The molecule has 3 heteroatoms. The SMILES string of the molecule is CCCC(OCC)C(=O)c1ccc(OC)cc1C. The Hall–Kier alpha value is -1.35. The van der Waals surface area contributed by atoms with Gasteiger partial charge in [0.1, 0.15) is 11.9 Å². The molecule has 0 fully saturated rings. The Morgan fingerprint density at radius 1 is 1.33 bits per heavy atom. The van der Waals surface area contributed by atoms with Crippen molar-refractivity contribution >= 4 is 5.78 Å². The van der Waals surface area contributed by atoms with Gasteiger partial charge >= 0.3 is 0 Å². The Labute approximate surface area is 109 Å². The van der Waals surface area contributed by atoms with Crippen LogP contribution in [0, 0.1) is 6.92 Å². The van der Waals surface area contributed by atoms with Gasteiger partial charge in [-0.3, -0.25) is 4.79 Å². The van der Waals surface area contributed by atoms with Crippen molar-refractivity contribution in [3.63, 3.8) is 0 Å². The number of ether oxygens (including phenoxy) is 2. The number of ketones is 1. The molecule has 0 spiro atoms. The molecular formula is C15H22O3. The third kappa shape index (κ3) is 3.57. The van der Waals surface area contributed by atoms with Crippen LogP contribution in [0.15, 0.2) is 18.2 Å². The number of benzene rings is 1. The quantitative estimate of drug-likeness (QED) is 0.696. The maximum atomic E-state index is 12.4. The summed E-state index contributed by atoms with van der Waals surface area (Å²) in [6.45, 7) is 6.45. The van der Waals surface area contributed by atoms with E-state index in [2.05, 4.69) is 6.92 Å². The van der Waals surface area contributed by atoms with E-state index in [0.717, 1.165) is 29.7 Å². The van der Waals surface area contributed by atoms with Gasteiger partial charge in [-0.25, -0.2) is 0 Å². The molecule has 1 aromatic rings. The van der Waals surface area contributed by atoms with Crippen molar-refractivity contribution < 1.29 is 14.3 Å². The van der Waals surface area contributed by atoms with E-state index in [0.29, 0.717) is 6.61 Å². The standard InChI is InChI=1S/C15H22O3/c1-5-7-14(18-6-2)15(16)13-9-8-12(17-4)10-11(13)3/h8-10,14H,5-7H2,1-4H3. The van der Waals surface area contributed by atoms with E-state index < -0.39 is 0 Å². The van der Waals surface area contributed by atoms with Gasteiger partial charge in [0, 0.05) is 12.2 Å². The molecule has 0 heterocycles. The molecule has 1 rings (SSSR count). The summed E-state index contributed by atoms with van der Waals surface area (Å²) in [6, 6.07) is 5.51. The number of hydrogen-bond donors (Lipinski definition) is 0. The van der Waals surface area contributed by atoms with Crippen LogP contribution in [-0.2, 0) is 4.74 Å². The zero-order valence-electron chi connectivity index (χ0n) is 11.7. The minimum absolute atomic E-state index is 0.0684. The summed E-state index contributed by atoms with van der Waals surface area (Å²) in [5.74, 6) is 0.839. The van der Waals surface area contributed by atoms with Crippen molar-refractivity contribution in [1.29, 1.82) is 0 Å². The summed E-state index contributed by atoms with van der Waals surface area (Å²) in [4.78, 5) is 12.4. The van der Waals surface area contributed by atoms with Crippen LogP contribution in [0.1, 0.15) is 42.6 Å². The van der Waals surface area contributed by atoms with Crippen LogP contribution in [0.25, 0.3) is 0 Å². The molecule has 0 amide bonds. The molecule has 0 aliphatic rings. The molecule has 0 bridgehead atoms. The summed E-state index contributed by atoms with van der Waals surface area (Å²) in [5, 5.41) is 0. The van der Waals surface area contributed by atoms with Gasteiger partial charge in [-0.1, -0.05) is 13.3 Å². The lowest BCUT2D eigenvalue weighted by Gasteiger charge is -2.16. The molecule has 3 nitrogen and oxygen atoms in total. The molecule has 1 aromatic carbocycles. The molecule has 0 saturated heterocycles. The topological polar surface area (TPSA) is 35.5 Å². The lowest BCUT2D eigenvalue weighted by Crippen LogP contribution is -2.25. The second-order valence-corrected chi connectivity index (χ2v) is 4.28. The van der Waals surface area contributed by atoms with Crippen molar-refractivity contribution in [2.45, 2.75) is 39.7 Å². The van der Waals surface area contributed by atoms with E-state index in [-0.39, 0.29) is 11.9 Å². The zero-order chi connectivity index (χ0) is 13.5. The number of rotatable bonds is 7. The van der Waals surface area contributed by atoms with Crippen molar-refractivity contribution in [2.24, 2.45) is 0 Å². The number of carbonyl (C=O) groups excluding carboxylic acids is 1. The highest BCUT2D eigenvalue weighted by molar-refractivity contribution is 6.00. The van der Waals surface area contributed by atoms with Gasteiger partial charge in [0.25, 0.3) is 0 Å². The summed E-state index contributed by atoms with van der Waals surface area (Å²) < 4.78 is 10.7. The molecule has 0 aromatic heterocycles. The van der Waals surface area contributed by atoms with Gasteiger partial charge in [-0.2, -0.15) is 0 Å². The Bertz CT molecular complexity index is 393. The largest absolute Gasteiger partial charge is 0.497 e. The second-order valence-electron chi connectivity index (χ2n) is 4.28. The number of hydrogen-bond acceptors (Lipinski definition) is 3. The first-order chi connectivity index (χ1) is 8.63. The fourth-order valence-electron chi connectivity index (χ4n) is 1.97. The van der Waals surface area contributed by atoms with Crippen LogP contribution in [0.4, 0.5) is 0 Å². The van der Waals surface area contributed by atoms with Crippen LogP contribution in [0.2, 0.25) is 0 Å². The van der Waals surface area contributed by atoms with E-state index in [4.69, 9.17) is 9.47 Å². The van der Waals surface area contributed by atoms with E-state index in [1.807, 2.05) is 32.0 Å². The average Bonchev–Trinajstić information content (AvgIpc) is 2.37. The van der Waals surface area contributed by atoms with Crippen molar-refractivity contribution in [2.75, 3.05) is 13.7 Å². The molecule has 18 heavy (non-hydrogen) atoms. The maximum Gasteiger partial charge on any atom is 0.191 e. The lowest BCUT2D eigenvalue weighted by molar-refractivity contribution is 0.0422. The zero-order valence-corrected chi connectivity index (χ0v) is 11.7. The summed E-state index contributed by atoms with van der Waals surface area (Å²) in [5.41, 5.74) is 1.66. The van der Waals surface area contributed by atoms with Crippen LogP contribution >= 0.6 is 0 Å². The smallest absolute Gasteiger partial charge is 0.191 e. The highest BCUT2D eigenvalue weighted by atomic mass is 16.5. The predicted octanol–water partition coefficient (Wildman–Crippen LogP) is 3.39. The van der Waals surface area contributed by atoms with E-state index in [9.17, 15) is 4.79 Å². The number of Topliss-reactive ketones (excluding diaryl/α,β-unsaturated/α-hetero) is 1. The molecule has 0 saturated carbocycles. The fraction of sp³-hybridized carbons (Fsp3) is 0.533. The predicted molar refractivity (Wildman–Crippen MR) is 72.4 cm³/mol. The fourth-order valence-corrected chi connectivity index (χ4v) is 1.97. The minimum atomic E-state index is -0.327. The van der Waals surface area contributed by atoms with Gasteiger partial charge < -0.3 is 9.47 Å². The van der Waals surface area contributed by atoms with E-state index in [1.54, 1.807) is 7.11 Å². The molecule has 1 atom stereocenters. The van der Waals surface area contributed by atoms with E-state index in [1.165, 1.54) is 0 Å². The summed E-state index contributed by atoms with van der Waals surface area (Å²) >= 11 is 0. The molecule has 0 aliphatic heterocycles. The number of methoxy groups -OCH3 is 1. The van der Waals surface area contributed by atoms with Gasteiger partial charge in [0.05, 0.1) is 7.11 Å². The van der Waals surface area contributed by atoms with Crippen LogP contribution < -0.4 is 4.74 Å². The highest BCUT2D eigenvalue weighted by Crippen LogP contribution is 2.20. The second kappa shape index (κ2) is 7.17. The first-order valence-corrected chi connectivity index (χ1v) is 6.44. The summed E-state index contributed by atoms with van der Waals surface area (Å²) in [7, 11) is 1.62. The normalized spacial score (nSPS) is 12.2. The Morgan fingerprint density at radius 2 is 2.06 bits per heavy atom. The Balaban J connectivity index is 2.93. The molecule has 0 radical (unpaired) electrons.